The van der Waals surface area contributed by atoms with Crippen molar-refractivity contribution in [2.45, 2.75) is 33.5 Å². The first kappa shape index (κ1) is 42.6. The summed E-state index contributed by atoms with van der Waals surface area (Å²) in [5.41, 5.74) is -8.42. The first-order valence-electron chi connectivity index (χ1n) is 15.7. The van der Waals surface area contributed by atoms with Gasteiger partial charge >= 0.3 is 303 Å². The van der Waals surface area contributed by atoms with Gasteiger partial charge in [-0.3, -0.25) is 0 Å². The Balaban J connectivity index is 2.38. The van der Waals surface area contributed by atoms with E-state index in [-0.39, 0.29) is 30.1 Å². The van der Waals surface area contributed by atoms with E-state index in [1.165, 1.54) is 30.3 Å². The van der Waals surface area contributed by atoms with Crippen molar-refractivity contribution < 1.29 is 69.5 Å². The summed E-state index contributed by atoms with van der Waals surface area (Å²) in [5, 5.41) is 0.103. The molecule has 0 unspecified atom stereocenters. The Hall–Kier alpha value is -4.13. The molecule has 291 valence electrons. The van der Waals surface area contributed by atoms with Crippen LogP contribution in [0.5, 0.6) is 0 Å². The molecule has 0 atom stereocenters. The van der Waals surface area contributed by atoms with Crippen molar-refractivity contribution in [2.75, 3.05) is 16.9 Å². The summed E-state index contributed by atoms with van der Waals surface area (Å²) in [6, 6.07) is 7.13. The van der Waals surface area contributed by atoms with Crippen LogP contribution in [-0.2, 0) is 3.68 Å². The molecule has 0 aromatic heterocycles. The van der Waals surface area contributed by atoms with Crippen molar-refractivity contribution in [1.29, 1.82) is 0 Å². The van der Waals surface area contributed by atoms with Crippen LogP contribution in [0, 0.1) is 99.1 Å². The molecule has 0 spiro atoms. The van der Waals surface area contributed by atoms with Crippen molar-refractivity contribution in [3.05, 3.63) is 123 Å². The topological polar surface area (TPSA) is 24.8 Å². The molecule has 0 heterocycles. The molecule has 3 nitrogen and oxygen atoms in total. The van der Waals surface area contributed by atoms with E-state index in [0.29, 0.717) is 0 Å². The summed E-state index contributed by atoms with van der Waals surface area (Å²) in [4.78, 5) is 4.46. The zero-order valence-corrected chi connectivity index (χ0v) is 30.6. The second-order valence-electron chi connectivity index (χ2n) is 12.8. The van der Waals surface area contributed by atoms with Crippen LogP contribution < -0.4 is 25.6 Å². The Morgan fingerprint density at radius 3 is 1.19 bits per heavy atom. The van der Waals surface area contributed by atoms with Gasteiger partial charge < -0.3 is 0 Å². The maximum absolute atomic E-state index is 16.0. The van der Waals surface area contributed by atoms with Crippen molar-refractivity contribution in [3.8, 4) is 0 Å². The zero-order chi connectivity index (χ0) is 40.7. The monoisotopic (exact) mass is 848 g/mol. The third-order valence-corrected chi connectivity index (χ3v) is 12.1. The van der Waals surface area contributed by atoms with Crippen LogP contribution in [0.25, 0.3) is 0 Å². The molecular formula is C34H26BF15GeN2O-. The van der Waals surface area contributed by atoms with Crippen LogP contribution in [0.2, 0.25) is 5.76 Å². The van der Waals surface area contributed by atoms with Crippen molar-refractivity contribution in [2.24, 2.45) is 16.8 Å². The number of rotatable bonds is 11. The molecule has 1 radical (unpaired) electrons. The summed E-state index contributed by atoms with van der Waals surface area (Å²) in [6.07, 6.45) is -6.16. The van der Waals surface area contributed by atoms with E-state index < -0.39 is 131 Å². The molecule has 0 amide bonds. The molecule has 20 heteroatoms. The van der Waals surface area contributed by atoms with Gasteiger partial charge in [-0.25, -0.2) is 0 Å². The predicted octanol–water partition coefficient (Wildman–Crippen LogP) is 7.59. The normalized spacial score (nSPS) is 12.5. The van der Waals surface area contributed by atoms with E-state index in [4.69, 9.17) is 3.68 Å². The Morgan fingerprint density at radius 2 is 0.852 bits per heavy atom. The molecule has 0 aliphatic rings. The maximum atomic E-state index is 16.0. The van der Waals surface area contributed by atoms with Gasteiger partial charge in [-0.05, 0) is 0 Å². The van der Waals surface area contributed by atoms with E-state index in [1.807, 2.05) is 0 Å². The molecule has 4 aromatic rings. The van der Waals surface area contributed by atoms with Gasteiger partial charge in [-0.1, -0.05) is 0 Å². The van der Waals surface area contributed by atoms with Crippen molar-refractivity contribution >= 4 is 43.3 Å². The summed E-state index contributed by atoms with van der Waals surface area (Å²) in [5.74, 6) is -46.0. The number of nitrogens with zero attached hydrogens (tertiary/aromatic N) is 2. The molecule has 0 saturated heterocycles. The van der Waals surface area contributed by atoms with Crippen LogP contribution in [0.3, 0.4) is 0 Å². The zero-order valence-electron chi connectivity index (χ0n) is 28.5. The van der Waals surface area contributed by atoms with Gasteiger partial charge in [0.05, 0.1) is 0 Å². The van der Waals surface area contributed by atoms with Crippen LogP contribution in [-0.4, -0.2) is 34.3 Å². The van der Waals surface area contributed by atoms with E-state index in [0.717, 1.165) is 9.61 Å². The second kappa shape index (κ2) is 16.3. The molecule has 0 aliphatic carbocycles. The molecule has 4 aromatic carbocycles. The van der Waals surface area contributed by atoms with Crippen LogP contribution in [0.15, 0.2) is 35.3 Å². The first-order valence-corrected chi connectivity index (χ1v) is 19.6. The third-order valence-electron chi connectivity index (χ3n) is 8.14. The molecule has 4 rings (SSSR count). The first-order chi connectivity index (χ1) is 25.1. The van der Waals surface area contributed by atoms with Crippen LogP contribution >= 0.6 is 0 Å². The summed E-state index contributed by atoms with van der Waals surface area (Å²) >= 11 is -4.72. The van der Waals surface area contributed by atoms with E-state index >= 15 is 52.7 Å². The minimum absolute atomic E-state index is 0.00350. The quantitative estimate of drug-likeness (QED) is 0.0674. The number of hydrogen-bond acceptors (Lipinski definition) is 3. The summed E-state index contributed by atoms with van der Waals surface area (Å²) in [6.45, 7) is 6.52. The average Bonchev–Trinajstić information content (AvgIpc) is 3.36. The van der Waals surface area contributed by atoms with Crippen LogP contribution in [0.4, 0.5) is 71.5 Å². The average molecular weight is 847 g/mol. The van der Waals surface area contributed by atoms with Gasteiger partial charge in [0.15, 0.2) is 0 Å². The number of benzene rings is 3. The molecule has 0 N–H and O–H groups in total. The number of anilines is 1. The second-order valence-corrected chi connectivity index (χ2v) is 16.6. The Kier molecular flexibility index (Phi) is 12.9. The van der Waals surface area contributed by atoms with Crippen molar-refractivity contribution in [3.63, 3.8) is 0 Å². The van der Waals surface area contributed by atoms with Gasteiger partial charge in [-0.2, -0.15) is 0 Å². The van der Waals surface area contributed by atoms with E-state index in [2.05, 4.69) is 4.99 Å². The minimum atomic E-state index is -6.16. The number of hydrogen-bond donors (Lipinski definition) is 0. The number of halogens is 15. The molecular weight excluding hydrogens is 821 g/mol. The Labute approximate surface area is 302 Å². The van der Waals surface area contributed by atoms with Gasteiger partial charge in [0.1, 0.15) is 0 Å². The Morgan fingerprint density at radius 1 is 0.519 bits per heavy atom. The van der Waals surface area contributed by atoms with Gasteiger partial charge in [0, 0.05) is 0 Å². The fourth-order valence-electron chi connectivity index (χ4n) is 5.80. The molecule has 0 aliphatic heterocycles. The molecule has 0 bridgehead atoms. The fraction of sp³-hybridized carbons (Fsp3) is 0.265. The van der Waals surface area contributed by atoms with E-state index in [1.54, 1.807) is 27.7 Å². The molecule has 54 heavy (non-hydrogen) atoms. The van der Waals surface area contributed by atoms with E-state index in [9.17, 15) is 13.2 Å². The molecule has 0 saturated carbocycles. The fourth-order valence-corrected chi connectivity index (χ4v) is 10.3. The standard InChI is InChI=1S/C34H26BF15GeN2O/c1-13(2)11-52-15-9-7-6-8-10-16(15)53(12-14(3)4)51(5)54-35(17-20(36)26(42)32(48)27(43)21(17)37,18-22(38)28(44)33(49)29(45)23(18)39)19-24(40)30(46)34(50)31(47)25(19)41/h6-10,13-14H,11-12H2,1-5H3/q-1. The predicted molar refractivity (Wildman–Crippen MR) is 170 cm³/mol. The van der Waals surface area contributed by atoms with Crippen LogP contribution in [0.1, 0.15) is 27.7 Å². The summed E-state index contributed by atoms with van der Waals surface area (Å²) in [7, 11) is 0. The van der Waals surface area contributed by atoms with Crippen molar-refractivity contribution in [1.82, 2.24) is 0 Å². The Bertz CT molecular complexity index is 1930. The van der Waals surface area contributed by atoms with Gasteiger partial charge in [-0.15, -0.1) is 0 Å². The SMILES string of the molecule is CC(C)CN=c1cccccc1[N](CC(C)C)[Ge]([CH3])[O][B-](c1c(F)c(F)c(F)c(F)c1F)(c1c(F)c(F)c(F)c(F)c1F)c1c(F)c(F)c(F)c(F)c1F. The molecule has 0 fully saturated rings. The summed E-state index contributed by atoms with van der Waals surface area (Å²) < 4.78 is 236. The van der Waals surface area contributed by atoms with Gasteiger partial charge in [0.2, 0.25) is 0 Å². The third kappa shape index (κ3) is 7.32. The van der Waals surface area contributed by atoms with Gasteiger partial charge in [0.25, 0.3) is 0 Å².